The second-order valence-electron chi connectivity index (χ2n) is 7.26. The first-order valence-corrected chi connectivity index (χ1v) is 9.89. The van der Waals surface area contributed by atoms with Gasteiger partial charge in [0.15, 0.2) is 0 Å². The lowest BCUT2D eigenvalue weighted by molar-refractivity contribution is -0.0697. The van der Waals surface area contributed by atoms with Gasteiger partial charge in [-0.1, -0.05) is 72.8 Å². The molecule has 150 valence electrons. The van der Waals surface area contributed by atoms with Crippen LogP contribution in [0.4, 0.5) is 0 Å². The number of benzene rings is 3. The molecule has 0 radical (unpaired) electrons. The van der Waals surface area contributed by atoms with Gasteiger partial charge in [-0.15, -0.1) is 0 Å². The van der Waals surface area contributed by atoms with E-state index in [1.807, 2.05) is 0 Å². The Morgan fingerprint density at radius 1 is 0.345 bits per heavy atom. The molecule has 0 aliphatic carbocycles. The van der Waals surface area contributed by atoms with Gasteiger partial charge >= 0.3 is 0 Å². The molecule has 3 aromatic carbocycles. The molecule has 29 heavy (non-hydrogen) atoms. The summed E-state index contributed by atoms with van der Waals surface area (Å²) in [6.45, 7) is 2.70. The van der Waals surface area contributed by atoms with Crippen LogP contribution in [0, 0.1) is 0 Å². The lowest BCUT2D eigenvalue weighted by Gasteiger charge is -2.08. The van der Waals surface area contributed by atoms with Crippen molar-refractivity contribution in [1.82, 2.24) is 0 Å². The predicted molar refractivity (Wildman–Crippen MR) is 111 cm³/mol. The fraction of sp³-hybridized carbons (Fsp3) is 0.280. The molecule has 0 atom stereocenters. The maximum Gasteiger partial charge on any atom is 0.147 e. The van der Waals surface area contributed by atoms with Gasteiger partial charge in [-0.25, -0.2) is 0 Å². The van der Waals surface area contributed by atoms with Gasteiger partial charge in [-0.3, -0.25) is 0 Å². The third-order valence-corrected chi connectivity index (χ3v) is 4.89. The van der Waals surface area contributed by atoms with Gasteiger partial charge in [0, 0.05) is 0 Å². The molecular formula is C25H26O4. The average molecular weight is 390 g/mol. The molecule has 0 saturated carbocycles. The van der Waals surface area contributed by atoms with E-state index < -0.39 is 0 Å². The molecule has 8 rings (SSSR count). The number of fused-ring (bicyclic) bond motifs is 1. The van der Waals surface area contributed by atoms with Gasteiger partial charge in [0.2, 0.25) is 0 Å². The van der Waals surface area contributed by atoms with Crippen molar-refractivity contribution < 1.29 is 18.9 Å². The number of ether oxygens (including phenoxy) is 4. The molecule has 0 amide bonds. The summed E-state index contributed by atoms with van der Waals surface area (Å²) in [5.41, 5.74) is 7.08. The summed E-state index contributed by atoms with van der Waals surface area (Å²) in [5, 5.41) is 0. The van der Waals surface area contributed by atoms with Gasteiger partial charge in [0.1, 0.15) is 13.6 Å². The second kappa shape index (κ2) is 10.3. The molecule has 0 unspecified atom stereocenters. The number of rotatable bonds is 0. The fourth-order valence-electron chi connectivity index (χ4n) is 3.23. The van der Waals surface area contributed by atoms with Crippen molar-refractivity contribution in [2.45, 2.75) is 32.8 Å². The Morgan fingerprint density at radius 3 is 0.862 bits per heavy atom. The van der Waals surface area contributed by atoms with Crippen LogP contribution in [0.25, 0.3) is 0 Å². The summed E-state index contributed by atoms with van der Waals surface area (Å²) in [5.74, 6) is 0. The second-order valence-corrected chi connectivity index (χ2v) is 7.26. The molecule has 5 aliphatic rings. The summed E-state index contributed by atoms with van der Waals surface area (Å²) in [7, 11) is 0. The Kier molecular flexibility index (Phi) is 7.05. The van der Waals surface area contributed by atoms with E-state index in [0.717, 1.165) is 28.7 Å². The Balaban J connectivity index is 1.42. The van der Waals surface area contributed by atoms with Gasteiger partial charge in [-0.05, 0) is 39.8 Å². The largest absolute Gasteiger partial charge is 0.351 e. The van der Waals surface area contributed by atoms with Crippen LogP contribution in [0.2, 0.25) is 0 Å². The standard InChI is InChI=1S/C25H26O4/c1-5-22-6-2-20(1)13-21-3-7-23(8-4-21)15-27-19-29-17-25-11-9-24(10-12-25)16-28-18-26-14-22/h1-12H,13-19H2. The third kappa shape index (κ3) is 6.24. The van der Waals surface area contributed by atoms with E-state index in [1.54, 1.807) is 0 Å². The molecule has 0 N–H and O–H groups in total. The van der Waals surface area contributed by atoms with Crippen LogP contribution < -0.4 is 0 Å². The Labute approximate surface area is 172 Å². The zero-order valence-corrected chi connectivity index (χ0v) is 16.5. The van der Waals surface area contributed by atoms with Gasteiger partial charge in [-0.2, -0.15) is 0 Å². The van der Waals surface area contributed by atoms with E-state index >= 15 is 0 Å². The Morgan fingerprint density at radius 2 is 0.586 bits per heavy atom. The van der Waals surface area contributed by atoms with E-state index in [1.165, 1.54) is 11.1 Å². The third-order valence-electron chi connectivity index (χ3n) is 4.89. The number of hydrogen-bond donors (Lipinski definition) is 0. The van der Waals surface area contributed by atoms with Crippen LogP contribution in [0.3, 0.4) is 0 Å². The van der Waals surface area contributed by atoms with E-state index in [-0.39, 0.29) is 13.6 Å². The predicted octanol–water partition coefficient (Wildman–Crippen LogP) is 4.97. The highest BCUT2D eigenvalue weighted by Crippen LogP contribution is 2.14. The average Bonchev–Trinajstić information content (AvgIpc) is 2.76. The number of hydrogen-bond acceptors (Lipinski definition) is 4. The zero-order valence-electron chi connectivity index (χ0n) is 16.5. The maximum absolute atomic E-state index is 5.64. The molecular weight excluding hydrogens is 364 g/mol. The van der Waals surface area contributed by atoms with Crippen molar-refractivity contribution in [2.24, 2.45) is 0 Å². The molecule has 0 saturated heterocycles. The van der Waals surface area contributed by atoms with Crippen LogP contribution in [0.1, 0.15) is 33.4 Å². The van der Waals surface area contributed by atoms with E-state index in [2.05, 4.69) is 72.8 Å². The SMILES string of the molecule is c1cc2ccc1COCOCc1ccc(cc1)Cc1ccc(cc1)COCOC2. The van der Waals surface area contributed by atoms with Crippen molar-refractivity contribution in [3.8, 4) is 0 Å². The van der Waals surface area contributed by atoms with E-state index in [4.69, 9.17) is 18.9 Å². The highest BCUT2D eigenvalue weighted by atomic mass is 16.7. The summed E-state index contributed by atoms with van der Waals surface area (Å²) >= 11 is 0. The lowest BCUT2D eigenvalue weighted by atomic mass is 10.0. The minimum atomic E-state index is 0.274. The van der Waals surface area contributed by atoms with E-state index in [9.17, 15) is 0 Å². The van der Waals surface area contributed by atoms with Crippen LogP contribution in [0.5, 0.6) is 0 Å². The molecule has 0 spiro atoms. The fourth-order valence-corrected chi connectivity index (χ4v) is 3.23. The van der Waals surface area contributed by atoms with Crippen molar-refractivity contribution in [2.75, 3.05) is 13.6 Å². The molecule has 5 aliphatic heterocycles. The normalized spacial score (nSPS) is 16.1. The summed E-state index contributed by atoms with van der Waals surface area (Å²) in [4.78, 5) is 0. The summed E-state index contributed by atoms with van der Waals surface area (Å²) in [6, 6.07) is 25.3. The molecule has 4 nitrogen and oxygen atoms in total. The van der Waals surface area contributed by atoms with Crippen LogP contribution in [0.15, 0.2) is 72.8 Å². The summed E-state index contributed by atoms with van der Waals surface area (Å²) < 4.78 is 22.5. The topological polar surface area (TPSA) is 36.9 Å². The van der Waals surface area contributed by atoms with Crippen molar-refractivity contribution in [1.29, 1.82) is 0 Å². The monoisotopic (exact) mass is 390 g/mol. The van der Waals surface area contributed by atoms with Gasteiger partial charge in [0.05, 0.1) is 26.4 Å². The molecule has 0 fully saturated rings. The Bertz CT molecular complexity index is 796. The van der Waals surface area contributed by atoms with Gasteiger partial charge < -0.3 is 18.9 Å². The van der Waals surface area contributed by atoms with Crippen LogP contribution in [-0.4, -0.2) is 13.6 Å². The summed E-state index contributed by atoms with van der Waals surface area (Å²) in [6.07, 6.45) is 0.908. The molecule has 0 aromatic heterocycles. The first-order chi connectivity index (χ1) is 14.3. The zero-order chi connectivity index (χ0) is 19.7. The van der Waals surface area contributed by atoms with Crippen LogP contribution >= 0.6 is 0 Å². The smallest absolute Gasteiger partial charge is 0.147 e. The maximum atomic E-state index is 5.64. The van der Waals surface area contributed by atoms with Crippen LogP contribution in [-0.2, 0) is 51.8 Å². The van der Waals surface area contributed by atoms with Crippen molar-refractivity contribution >= 4 is 0 Å². The van der Waals surface area contributed by atoms with Crippen molar-refractivity contribution in [3.05, 3.63) is 106 Å². The molecule has 4 heteroatoms. The Hall–Kier alpha value is -2.50. The van der Waals surface area contributed by atoms with Crippen molar-refractivity contribution in [3.63, 3.8) is 0 Å². The van der Waals surface area contributed by atoms with Gasteiger partial charge in [0.25, 0.3) is 0 Å². The minimum absolute atomic E-state index is 0.274. The highest BCUT2D eigenvalue weighted by Gasteiger charge is 2.01. The molecule has 6 bridgehead atoms. The molecule has 5 heterocycles. The highest BCUT2D eigenvalue weighted by molar-refractivity contribution is 5.30. The quantitative estimate of drug-likeness (QED) is 0.543. The lowest BCUT2D eigenvalue weighted by Crippen LogP contribution is -2.02. The first kappa shape index (κ1) is 19.8. The first-order valence-electron chi connectivity index (χ1n) is 9.89. The van der Waals surface area contributed by atoms with E-state index in [0.29, 0.717) is 26.4 Å². The minimum Gasteiger partial charge on any atom is -0.351 e. The molecule has 3 aromatic rings.